The van der Waals surface area contributed by atoms with Crippen LogP contribution in [0.5, 0.6) is 0 Å². The Bertz CT molecular complexity index is 1190. The Kier molecular flexibility index (Phi) is 5.38. The number of hydrogen-bond donors (Lipinski definition) is 0. The minimum absolute atomic E-state index is 0.103. The molecular formula is C23H20N4O2S2. The number of carbonyl (C=O) groups is 1. The lowest BCUT2D eigenvalue weighted by Gasteiger charge is -2.20. The Labute approximate surface area is 188 Å². The summed E-state index contributed by atoms with van der Waals surface area (Å²) in [6.45, 7) is 1.99. The van der Waals surface area contributed by atoms with Crippen molar-refractivity contribution in [3.05, 3.63) is 68.9 Å². The van der Waals surface area contributed by atoms with Gasteiger partial charge in [-0.3, -0.25) is 4.79 Å². The van der Waals surface area contributed by atoms with E-state index < -0.39 is 0 Å². The molecule has 0 saturated heterocycles. The van der Waals surface area contributed by atoms with Gasteiger partial charge in [-0.1, -0.05) is 17.8 Å². The van der Waals surface area contributed by atoms with E-state index in [1.165, 1.54) is 17.3 Å². The maximum atomic E-state index is 13.2. The van der Waals surface area contributed by atoms with Crippen molar-refractivity contribution < 1.29 is 9.21 Å². The van der Waals surface area contributed by atoms with Gasteiger partial charge in [-0.05, 0) is 60.9 Å². The van der Waals surface area contributed by atoms with Gasteiger partial charge in [-0.2, -0.15) is 10.4 Å². The second-order valence-electron chi connectivity index (χ2n) is 7.59. The highest BCUT2D eigenvalue weighted by atomic mass is 32.2. The number of nitrogens with zero attached hydrogens (tertiary/aromatic N) is 4. The summed E-state index contributed by atoms with van der Waals surface area (Å²) in [5, 5.41) is 18.5. The Morgan fingerprint density at radius 2 is 2.29 bits per heavy atom. The molecule has 4 heterocycles. The zero-order valence-electron chi connectivity index (χ0n) is 17.0. The number of aromatic nitrogens is 1. The summed E-state index contributed by atoms with van der Waals surface area (Å²) in [7, 11) is 0. The van der Waals surface area contributed by atoms with Crippen LogP contribution in [0, 0.1) is 18.3 Å². The first-order valence-corrected chi connectivity index (χ1v) is 12.0. The molecule has 3 aromatic heterocycles. The van der Waals surface area contributed by atoms with Crippen LogP contribution in [0.1, 0.15) is 51.9 Å². The molecule has 6 nitrogen and oxygen atoms in total. The highest BCUT2D eigenvalue weighted by Gasteiger charge is 2.34. The van der Waals surface area contributed by atoms with Crippen LogP contribution in [-0.4, -0.2) is 27.4 Å². The van der Waals surface area contributed by atoms with E-state index in [1.807, 2.05) is 36.6 Å². The van der Waals surface area contributed by atoms with Gasteiger partial charge in [0, 0.05) is 17.0 Å². The molecule has 31 heavy (non-hydrogen) atoms. The molecular weight excluding hydrogens is 428 g/mol. The number of hydrogen-bond acceptors (Lipinski definition) is 7. The standard InChI is InChI=1S/C23H20N4O2S2/c1-14-15-5-2-6-17(15)25-23(16(14)12-24)31-13-22(28)27-19(21-8-4-10-30-21)11-18(26-27)20-7-3-9-29-20/h3-4,7-10,19H,2,5-6,11,13H2,1H3. The molecule has 1 aliphatic carbocycles. The number of amides is 1. The topological polar surface area (TPSA) is 82.5 Å². The number of thioether (sulfide) groups is 1. The minimum Gasteiger partial charge on any atom is -0.463 e. The smallest absolute Gasteiger partial charge is 0.253 e. The van der Waals surface area contributed by atoms with Crippen molar-refractivity contribution >= 4 is 34.7 Å². The van der Waals surface area contributed by atoms with E-state index in [4.69, 9.17) is 9.40 Å². The number of furan rings is 1. The third kappa shape index (κ3) is 3.68. The highest BCUT2D eigenvalue weighted by molar-refractivity contribution is 8.00. The van der Waals surface area contributed by atoms with Gasteiger partial charge in [0.1, 0.15) is 22.6 Å². The van der Waals surface area contributed by atoms with E-state index in [1.54, 1.807) is 22.6 Å². The Hall–Kier alpha value is -2.89. The van der Waals surface area contributed by atoms with Crippen molar-refractivity contribution in [2.75, 3.05) is 5.75 Å². The predicted octanol–water partition coefficient (Wildman–Crippen LogP) is 4.87. The molecule has 0 saturated carbocycles. The van der Waals surface area contributed by atoms with Crippen LogP contribution in [0.3, 0.4) is 0 Å². The van der Waals surface area contributed by atoms with Gasteiger partial charge in [-0.15, -0.1) is 11.3 Å². The third-order valence-electron chi connectivity index (χ3n) is 5.75. The molecule has 0 radical (unpaired) electrons. The second-order valence-corrected chi connectivity index (χ2v) is 9.54. The molecule has 1 atom stereocenters. The monoisotopic (exact) mass is 448 g/mol. The fraction of sp³-hybridized carbons (Fsp3) is 0.304. The van der Waals surface area contributed by atoms with E-state index >= 15 is 0 Å². The Morgan fingerprint density at radius 1 is 1.39 bits per heavy atom. The summed E-state index contributed by atoms with van der Waals surface area (Å²) in [6, 6.07) is 9.86. The van der Waals surface area contributed by atoms with E-state index in [0.717, 1.165) is 41.1 Å². The van der Waals surface area contributed by atoms with Gasteiger partial charge in [-0.25, -0.2) is 9.99 Å². The van der Waals surface area contributed by atoms with Gasteiger partial charge in [0.2, 0.25) is 0 Å². The lowest BCUT2D eigenvalue weighted by molar-refractivity contribution is -0.130. The number of nitriles is 1. The second kappa shape index (κ2) is 8.33. The van der Waals surface area contributed by atoms with Crippen LogP contribution in [0.15, 0.2) is 50.5 Å². The molecule has 8 heteroatoms. The zero-order valence-corrected chi connectivity index (χ0v) is 18.6. The van der Waals surface area contributed by atoms with Crippen molar-refractivity contribution in [1.82, 2.24) is 9.99 Å². The number of rotatable bonds is 5. The van der Waals surface area contributed by atoms with Crippen LogP contribution in [-0.2, 0) is 17.6 Å². The van der Waals surface area contributed by atoms with Gasteiger partial charge in [0.15, 0.2) is 0 Å². The minimum atomic E-state index is -0.140. The SMILES string of the molecule is Cc1c(C#N)c(SCC(=O)N2N=C(c3ccco3)CC2c2cccs2)nc2c1CCC2. The molecule has 0 spiro atoms. The van der Waals surface area contributed by atoms with E-state index in [-0.39, 0.29) is 17.7 Å². The van der Waals surface area contributed by atoms with E-state index in [0.29, 0.717) is 22.8 Å². The lowest BCUT2D eigenvalue weighted by atomic mass is 10.0. The number of pyridine rings is 1. The zero-order chi connectivity index (χ0) is 21.4. The Balaban J connectivity index is 1.39. The molecule has 0 bridgehead atoms. The molecule has 1 aliphatic heterocycles. The van der Waals surface area contributed by atoms with E-state index in [9.17, 15) is 10.1 Å². The summed E-state index contributed by atoms with van der Waals surface area (Å²) < 4.78 is 5.51. The van der Waals surface area contributed by atoms with Crippen LogP contribution in [0.4, 0.5) is 0 Å². The van der Waals surface area contributed by atoms with Gasteiger partial charge >= 0.3 is 0 Å². The molecule has 0 aromatic carbocycles. The third-order valence-corrected chi connectivity index (χ3v) is 7.69. The fourth-order valence-corrected chi connectivity index (χ4v) is 5.93. The first-order valence-electron chi connectivity index (χ1n) is 10.2. The predicted molar refractivity (Wildman–Crippen MR) is 120 cm³/mol. The molecule has 0 N–H and O–H groups in total. The van der Waals surface area contributed by atoms with Crippen molar-refractivity contribution in [1.29, 1.82) is 5.26 Å². The molecule has 3 aromatic rings. The van der Waals surface area contributed by atoms with Crippen LogP contribution < -0.4 is 0 Å². The fourth-order valence-electron chi connectivity index (χ4n) is 4.21. The number of hydrazone groups is 1. The van der Waals surface area contributed by atoms with Gasteiger partial charge in [0.05, 0.1) is 23.6 Å². The van der Waals surface area contributed by atoms with Crippen molar-refractivity contribution in [2.45, 2.75) is 43.7 Å². The molecule has 1 amide bonds. The van der Waals surface area contributed by atoms with Gasteiger partial charge < -0.3 is 4.42 Å². The van der Waals surface area contributed by atoms with Gasteiger partial charge in [0.25, 0.3) is 5.91 Å². The largest absolute Gasteiger partial charge is 0.463 e. The first kappa shape index (κ1) is 20.0. The maximum Gasteiger partial charge on any atom is 0.253 e. The summed E-state index contributed by atoms with van der Waals surface area (Å²) in [5.74, 6) is 0.762. The molecule has 0 fully saturated rings. The normalized spacial score (nSPS) is 17.5. The number of aryl methyl sites for hydroxylation is 1. The van der Waals surface area contributed by atoms with Crippen LogP contribution in [0.2, 0.25) is 0 Å². The molecule has 5 rings (SSSR count). The van der Waals surface area contributed by atoms with Crippen molar-refractivity contribution in [3.63, 3.8) is 0 Å². The summed E-state index contributed by atoms with van der Waals surface area (Å²) in [4.78, 5) is 19.0. The average Bonchev–Trinajstić information content (AvgIpc) is 3.56. The number of thiophene rings is 1. The molecule has 2 aliphatic rings. The maximum absolute atomic E-state index is 13.2. The molecule has 1 unspecified atom stereocenters. The molecule has 156 valence electrons. The quantitative estimate of drug-likeness (QED) is 0.520. The summed E-state index contributed by atoms with van der Waals surface area (Å²) >= 11 is 2.95. The van der Waals surface area contributed by atoms with Crippen LogP contribution >= 0.6 is 23.1 Å². The van der Waals surface area contributed by atoms with Crippen molar-refractivity contribution in [2.24, 2.45) is 5.10 Å². The summed E-state index contributed by atoms with van der Waals surface area (Å²) in [6.07, 6.45) is 5.22. The van der Waals surface area contributed by atoms with E-state index in [2.05, 4.69) is 11.2 Å². The first-order chi connectivity index (χ1) is 15.2. The number of fused-ring (bicyclic) bond motifs is 1. The number of carbonyl (C=O) groups excluding carboxylic acids is 1. The summed E-state index contributed by atoms with van der Waals surface area (Å²) in [5.41, 5.74) is 4.65. The Morgan fingerprint density at radius 3 is 3.03 bits per heavy atom. The van der Waals surface area contributed by atoms with Crippen molar-refractivity contribution in [3.8, 4) is 6.07 Å². The highest BCUT2D eigenvalue weighted by Crippen LogP contribution is 2.37. The lowest BCUT2D eigenvalue weighted by Crippen LogP contribution is -2.28. The average molecular weight is 449 g/mol. The van der Waals surface area contributed by atoms with Crippen LogP contribution in [0.25, 0.3) is 0 Å².